The molecular formula is C13H19ClN2O2. The molecule has 0 fully saturated rings. The Morgan fingerprint density at radius 2 is 2.06 bits per heavy atom. The molecule has 4 nitrogen and oxygen atoms in total. The zero-order valence-electron chi connectivity index (χ0n) is 10.6. The number of rotatable bonds is 5. The van der Waals surface area contributed by atoms with Crippen molar-refractivity contribution in [3.8, 4) is 0 Å². The van der Waals surface area contributed by atoms with Gasteiger partial charge in [0.1, 0.15) is 0 Å². The number of hydrogen-bond donors (Lipinski definition) is 2. The first kappa shape index (κ1) is 16.6. The summed E-state index contributed by atoms with van der Waals surface area (Å²) >= 11 is 0. The van der Waals surface area contributed by atoms with Crippen molar-refractivity contribution in [3.63, 3.8) is 0 Å². The Labute approximate surface area is 113 Å². The average Bonchev–Trinajstić information content (AvgIpc) is 2.26. The number of anilines is 1. The minimum absolute atomic E-state index is 0. The monoisotopic (exact) mass is 270 g/mol. The molecule has 1 aromatic carbocycles. The third-order valence-electron chi connectivity index (χ3n) is 2.38. The van der Waals surface area contributed by atoms with Gasteiger partial charge >= 0.3 is 0 Å². The maximum Gasteiger partial charge on any atom is 0.224 e. The Hall–Kier alpha value is -1.39. The van der Waals surface area contributed by atoms with Crippen molar-refractivity contribution >= 4 is 29.8 Å². The van der Waals surface area contributed by atoms with Crippen LogP contribution in [0.5, 0.6) is 0 Å². The molecule has 1 amide bonds. The summed E-state index contributed by atoms with van der Waals surface area (Å²) < 4.78 is 0. The second kappa shape index (κ2) is 7.84. The predicted octanol–water partition coefficient (Wildman–Crippen LogP) is 2.38. The van der Waals surface area contributed by atoms with E-state index in [-0.39, 0.29) is 30.1 Å². The molecule has 0 aliphatic carbocycles. The van der Waals surface area contributed by atoms with E-state index in [1.807, 2.05) is 6.92 Å². The van der Waals surface area contributed by atoms with Crippen LogP contribution in [0.3, 0.4) is 0 Å². The summed E-state index contributed by atoms with van der Waals surface area (Å²) in [5.74, 6) is -0.0975. The zero-order valence-corrected chi connectivity index (χ0v) is 11.4. The number of carbonyl (C=O) groups excluding carboxylic acids is 2. The highest BCUT2D eigenvalue weighted by Crippen LogP contribution is 2.11. The molecule has 0 heterocycles. The summed E-state index contributed by atoms with van der Waals surface area (Å²) in [6.07, 6.45) is 1.04. The predicted molar refractivity (Wildman–Crippen MR) is 75.2 cm³/mol. The van der Waals surface area contributed by atoms with E-state index in [2.05, 4.69) is 5.32 Å². The molecule has 0 saturated carbocycles. The van der Waals surface area contributed by atoms with Crippen molar-refractivity contribution in [3.05, 3.63) is 29.8 Å². The van der Waals surface area contributed by atoms with E-state index in [4.69, 9.17) is 5.73 Å². The highest BCUT2D eigenvalue weighted by molar-refractivity contribution is 5.97. The first-order valence-corrected chi connectivity index (χ1v) is 5.65. The smallest absolute Gasteiger partial charge is 0.224 e. The summed E-state index contributed by atoms with van der Waals surface area (Å²) in [5, 5.41) is 2.75. The van der Waals surface area contributed by atoms with Gasteiger partial charge in [0.05, 0.1) is 0 Å². The van der Waals surface area contributed by atoms with Crippen LogP contribution in [0.1, 0.15) is 37.0 Å². The molecule has 0 spiro atoms. The molecule has 18 heavy (non-hydrogen) atoms. The van der Waals surface area contributed by atoms with E-state index in [1.165, 1.54) is 6.92 Å². The number of Topliss-reactive ketones (excluding diaryl/α,β-unsaturated/α-hetero) is 1. The number of nitrogens with two attached hydrogens (primary N) is 1. The first-order valence-electron chi connectivity index (χ1n) is 5.65. The maximum atomic E-state index is 11.5. The number of amides is 1. The third-order valence-corrected chi connectivity index (χ3v) is 2.38. The Morgan fingerprint density at radius 3 is 2.61 bits per heavy atom. The summed E-state index contributed by atoms with van der Waals surface area (Å²) in [4.78, 5) is 22.7. The van der Waals surface area contributed by atoms with E-state index in [1.54, 1.807) is 24.3 Å². The number of nitrogens with one attached hydrogen (secondary N) is 1. The molecule has 1 rings (SSSR count). The highest BCUT2D eigenvalue weighted by Gasteiger charge is 2.05. The van der Waals surface area contributed by atoms with Crippen LogP contribution in [-0.4, -0.2) is 17.7 Å². The molecule has 0 aliphatic rings. The van der Waals surface area contributed by atoms with Crippen molar-refractivity contribution in [1.82, 2.24) is 0 Å². The standard InChI is InChI=1S/C13H18N2O2.ClH/c1-9(14)6-7-13(17)15-12-5-3-4-11(8-12)10(2)16;/h3-5,8-9H,6-7,14H2,1-2H3,(H,15,17);1H. The van der Waals surface area contributed by atoms with Gasteiger partial charge in [-0.25, -0.2) is 0 Å². The van der Waals surface area contributed by atoms with Crippen LogP contribution < -0.4 is 11.1 Å². The van der Waals surface area contributed by atoms with Gasteiger partial charge < -0.3 is 11.1 Å². The number of halogens is 1. The largest absolute Gasteiger partial charge is 0.328 e. The lowest BCUT2D eigenvalue weighted by Crippen LogP contribution is -2.19. The van der Waals surface area contributed by atoms with E-state index in [0.717, 1.165) is 0 Å². The lowest BCUT2D eigenvalue weighted by atomic mass is 10.1. The number of ketones is 1. The average molecular weight is 271 g/mol. The quantitative estimate of drug-likeness (QED) is 0.807. The highest BCUT2D eigenvalue weighted by atomic mass is 35.5. The molecule has 1 atom stereocenters. The van der Waals surface area contributed by atoms with Gasteiger partial charge in [-0.3, -0.25) is 9.59 Å². The summed E-state index contributed by atoms with van der Waals surface area (Å²) in [7, 11) is 0. The van der Waals surface area contributed by atoms with Gasteiger partial charge in [-0.2, -0.15) is 0 Å². The molecule has 1 unspecified atom stereocenters. The first-order chi connectivity index (χ1) is 7.99. The molecule has 100 valence electrons. The second-order valence-electron chi connectivity index (χ2n) is 4.20. The fourth-order valence-corrected chi connectivity index (χ4v) is 1.40. The van der Waals surface area contributed by atoms with E-state index in [9.17, 15) is 9.59 Å². The minimum Gasteiger partial charge on any atom is -0.328 e. The molecule has 5 heteroatoms. The third kappa shape index (κ3) is 5.80. The Bertz CT molecular complexity index is 419. The fourth-order valence-electron chi connectivity index (χ4n) is 1.40. The normalized spacial score (nSPS) is 11.3. The van der Waals surface area contributed by atoms with Crippen molar-refractivity contribution in [2.75, 3.05) is 5.32 Å². The van der Waals surface area contributed by atoms with E-state index in [0.29, 0.717) is 24.1 Å². The zero-order chi connectivity index (χ0) is 12.8. The summed E-state index contributed by atoms with van der Waals surface area (Å²) in [5.41, 5.74) is 6.81. The molecule has 1 aromatic rings. The second-order valence-corrected chi connectivity index (χ2v) is 4.20. The summed E-state index contributed by atoms with van der Waals surface area (Å²) in [6.45, 7) is 3.36. The molecule has 0 aliphatic heterocycles. The SMILES string of the molecule is CC(=O)c1cccc(NC(=O)CCC(C)N)c1.Cl. The Morgan fingerprint density at radius 1 is 1.39 bits per heavy atom. The fraction of sp³-hybridized carbons (Fsp3) is 0.385. The van der Waals surface area contributed by atoms with Gasteiger partial charge in [-0.05, 0) is 32.4 Å². The molecule has 0 radical (unpaired) electrons. The molecule has 0 saturated heterocycles. The van der Waals surface area contributed by atoms with Gasteiger partial charge in [0.15, 0.2) is 5.78 Å². The van der Waals surface area contributed by atoms with Crippen LogP contribution in [-0.2, 0) is 4.79 Å². The number of carbonyl (C=O) groups is 2. The number of benzene rings is 1. The van der Waals surface area contributed by atoms with E-state index < -0.39 is 0 Å². The molecular weight excluding hydrogens is 252 g/mol. The van der Waals surface area contributed by atoms with Crippen LogP contribution >= 0.6 is 12.4 Å². The van der Waals surface area contributed by atoms with Gasteiger partial charge in [-0.15, -0.1) is 12.4 Å². The summed E-state index contributed by atoms with van der Waals surface area (Å²) in [6, 6.07) is 6.92. The van der Waals surface area contributed by atoms with Gasteiger partial charge in [0.2, 0.25) is 5.91 Å². The van der Waals surface area contributed by atoms with Crippen LogP contribution in [0.2, 0.25) is 0 Å². The topological polar surface area (TPSA) is 72.2 Å². The van der Waals surface area contributed by atoms with Crippen molar-refractivity contribution in [2.45, 2.75) is 32.7 Å². The van der Waals surface area contributed by atoms with Crippen LogP contribution in [0.4, 0.5) is 5.69 Å². The lowest BCUT2D eigenvalue weighted by molar-refractivity contribution is -0.116. The molecule has 0 bridgehead atoms. The van der Waals surface area contributed by atoms with E-state index >= 15 is 0 Å². The van der Waals surface area contributed by atoms with Crippen molar-refractivity contribution in [2.24, 2.45) is 5.73 Å². The molecule has 0 aromatic heterocycles. The van der Waals surface area contributed by atoms with Crippen molar-refractivity contribution in [1.29, 1.82) is 0 Å². The Balaban J connectivity index is 0.00000289. The van der Waals surface area contributed by atoms with Gasteiger partial charge in [0.25, 0.3) is 0 Å². The van der Waals surface area contributed by atoms with Gasteiger partial charge in [0, 0.05) is 23.7 Å². The van der Waals surface area contributed by atoms with Crippen LogP contribution in [0, 0.1) is 0 Å². The maximum absolute atomic E-state index is 11.5. The minimum atomic E-state index is -0.0806. The lowest BCUT2D eigenvalue weighted by Gasteiger charge is -2.07. The Kier molecular flexibility index (Phi) is 7.24. The van der Waals surface area contributed by atoms with Crippen LogP contribution in [0.25, 0.3) is 0 Å². The van der Waals surface area contributed by atoms with Crippen molar-refractivity contribution < 1.29 is 9.59 Å². The molecule has 3 N–H and O–H groups in total. The number of hydrogen-bond acceptors (Lipinski definition) is 3. The van der Waals surface area contributed by atoms with Crippen LogP contribution in [0.15, 0.2) is 24.3 Å². The van der Waals surface area contributed by atoms with Gasteiger partial charge in [-0.1, -0.05) is 12.1 Å².